The Balaban J connectivity index is 2.01. The topological polar surface area (TPSA) is 64.9 Å². The molecular weight excluding hydrogens is 330 g/mol. The molecule has 0 aliphatic heterocycles. The molecule has 3 aromatic rings. The molecule has 0 aliphatic carbocycles. The maximum atomic E-state index is 13.0. The van der Waals surface area contributed by atoms with Gasteiger partial charge < -0.3 is 14.8 Å². The monoisotopic (exact) mass is 353 g/mol. The summed E-state index contributed by atoms with van der Waals surface area (Å²) < 4.78 is 12.4. The number of amides is 1. The second-order valence-electron chi connectivity index (χ2n) is 6.11. The predicted molar refractivity (Wildman–Crippen MR) is 101 cm³/mol. The van der Waals surface area contributed by atoms with Crippen LogP contribution < -0.4 is 14.8 Å². The van der Waals surface area contributed by atoms with Crippen LogP contribution in [0, 0.1) is 6.92 Å². The van der Waals surface area contributed by atoms with Crippen molar-refractivity contribution in [3.63, 3.8) is 0 Å². The number of ether oxygens (including phenoxy) is 2. The number of methoxy groups -OCH3 is 2. The molecule has 136 valence electrons. The molecule has 0 saturated carbocycles. The number of pyridine rings is 1. The van der Waals surface area contributed by atoms with Gasteiger partial charge in [-0.25, -0.2) is 4.98 Å². The average Bonchev–Trinajstić information content (AvgIpc) is 2.99. The number of carbonyl (C=O) groups is 1. The summed E-state index contributed by atoms with van der Waals surface area (Å²) in [6, 6.07) is 9.23. The van der Waals surface area contributed by atoms with E-state index in [2.05, 4.69) is 17.2 Å². The Hall–Kier alpha value is -3.02. The molecule has 6 nitrogen and oxygen atoms in total. The molecule has 0 fully saturated rings. The van der Waals surface area contributed by atoms with E-state index in [1.165, 1.54) is 0 Å². The SMILES string of the molecule is CCCc1nc2cc(C)ccn2c1C(=O)Nc1ccc(OC)cc1OC. The third-order valence-corrected chi connectivity index (χ3v) is 4.21. The third kappa shape index (κ3) is 3.35. The van der Waals surface area contributed by atoms with Gasteiger partial charge in [0.05, 0.1) is 25.6 Å². The van der Waals surface area contributed by atoms with E-state index in [4.69, 9.17) is 9.47 Å². The Bertz CT molecular complexity index is 947. The van der Waals surface area contributed by atoms with Gasteiger partial charge in [0.2, 0.25) is 0 Å². The number of benzene rings is 1. The minimum absolute atomic E-state index is 0.215. The lowest BCUT2D eigenvalue weighted by molar-refractivity contribution is 0.102. The van der Waals surface area contributed by atoms with Crippen LogP contribution in [0.2, 0.25) is 0 Å². The fourth-order valence-electron chi connectivity index (χ4n) is 2.93. The van der Waals surface area contributed by atoms with Crippen LogP contribution in [-0.2, 0) is 6.42 Å². The largest absolute Gasteiger partial charge is 0.497 e. The third-order valence-electron chi connectivity index (χ3n) is 4.21. The van der Waals surface area contributed by atoms with Gasteiger partial charge in [0.1, 0.15) is 22.8 Å². The maximum Gasteiger partial charge on any atom is 0.274 e. The Kier molecular flexibility index (Phi) is 5.11. The number of anilines is 1. The molecule has 1 N–H and O–H groups in total. The van der Waals surface area contributed by atoms with E-state index in [9.17, 15) is 4.79 Å². The van der Waals surface area contributed by atoms with E-state index in [0.717, 1.165) is 29.7 Å². The van der Waals surface area contributed by atoms with E-state index in [-0.39, 0.29) is 5.91 Å². The van der Waals surface area contributed by atoms with Gasteiger partial charge in [-0.1, -0.05) is 13.3 Å². The second kappa shape index (κ2) is 7.47. The van der Waals surface area contributed by atoms with Crippen LogP contribution in [0.1, 0.15) is 35.1 Å². The smallest absolute Gasteiger partial charge is 0.274 e. The number of imidazole rings is 1. The first kappa shape index (κ1) is 17.8. The Morgan fingerprint density at radius 3 is 2.69 bits per heavy atom. The molecule has 0 bridgehead atoms. The molecule has 26 heavy (non-hydrogen) atoms. The van der Waals surface area contributed by atoms with Crippen LogP contribution in [0.5, 0.6) is 11.5 Å². The van der Waals surface area contributed by atoms with Gasteiger partial charge in [-0.15, -0.1) is 0 Å². The van der Waals surface area contributed by atoms with Crippen molar-refractivity contribution in [2.45, 2.75) is 26.7 Å². The summed E-state index contributed by atoms with van der Waals surface area (Å²) in [6.07, 6.45) is 3.54. The van der Waals surface area contributed by atoms with Crippen molar-refractivity contribution < 1.29 is 14.3 Å². The van der Waals surface area contributed by atoms with Crippen molar-refractivity contribution in [2.75, 3.05) is 19.5 Å². The van der Waals surface area contributed by atoms with Crippen molar-refractivity contribution in [3.05, 3.63) is 53.5 Å². The lowest BCUT2D eigenvalue weighted by Crippen LogP contribution is -2.17. The summed E-state index contributed by atoms with van der Waals surface area (Å²) in [5, 5.41) is 2.94. The van der Waals surface area contributed by atoms with Crippen LogP contribution in [0.15, 0.2) is 36.5 Å². The van der Waals surface area contributed by atoms with Gasteiger partial charge in [0.25, 0.3) is 5.91 Å². The highest BCUT2D eigenvalue weighted by molar-refractivity contribution is 6.05. The number of fused-ring (bicyclic) bond motifs is 1. The lowest BCUT2D eigenvalue weighted by atomic mass is 10.2. The molecule has 0 saturated heterocycles. The molecule has 1 aromatic carbocycles. The Morgan fingerprint density at radius 2 is 2.00 bits per heavy atom. The summed E-state index contributed by atoms with van der Waals surface area (Å²) in [7, 11) is 3.15. The molecule has 2 heterocycles. The van der Waals surface area contributed by atoms with Gasteiger partial charge in [0, 0.05) is 12.3 Å². The van der Waals surface area contributed by atoms with E-state index >= 15 is 0 Å². The average molecular weight is 353 g/mol. The number of nitrogens with zero attached hydrogens (tertiary/aromatic N) is 2. The predicted octanol–water partition coefficient (Wildman–Crippen LogP) is 3.86. The number of rotatable bonds is 6. The number of hydrogen-bond acceptors (Lipinski definition) is 4. The van der Waals surface area contributed by atoms with Crippen molar-refractivity contribution in [2.24, 2.45) is 0 Å². The first-order chi connectivity index (χ1) is 12.6. The minimum Gasteiger partial charge on any atom is -0.497 e. The molecule has 0 atom stereocenters. The van der Waals surface area contributed by atoms with Gasteiger partial charge in [-0.2, -0.15) is 0 Å². The van der Waals surface area contributed by atoms with Crippen LogP contribution in [0.3, 0.4) is 0 Å². The van der Waals surface area contributed by atoms with E-state index < -0.39 is 0 Å². The number of carbonyl (C=O) groups excluding carboxylic acids is 1. The normalized spacial score (nSPS) is 10.8. The van der Waals surface area contributed by atoms with Crippen molar-refractivity contribution in [3.8, 4) is 11.5 Å². The van der Waals surface area contributed by atoms with Crippen LogP contribution in [0.25, 0.3) is 5.65 Å². The zero-order valence-electron chi connectivity index (χ0n) is 15.5. The molecule has 2 aromatic heterocycles. The molecule has 0 aliphatic rings. The summed E-state index contributed by atoms with van der Waals surface area (Å²) in [4.78, 5) is 17.7. The first-order valence-corrected chi connectivity index (χ1v) is 8.58. The zero-order valence-corrected chi connectivity index (χ0v) is 15.5. The fourth-order valence-corrected chi connectivity index (χ4v) is 2.93. The highest BCUT2D eigenvalue weighted by Crippen LogP contribution is 2.29. The van der Waals surface area contributed by atoms with E-state index in [1.54, 1.807) is 32.4 Å². The standard InChI is InChI=1S/C20H23N3O3/c1-5-6-16-19(23-10-9-13(2)11-18(23)21-16)20(24)22-15-8-7-14(25-3)12-17(15)26-4/h7-12H,5-6H2,1-4H3,(H,22,24). The highest BCUT2D eigenvalue weighted by atomic mass is 16.5. The Morgan fingerprint density at radius 1 is 1.19 bits per heavy atom. The number of aryl methyl sites for hydroxylation is 2. The summed E-state index contributed by atoms with van der Waals surface area (Å²) in [5.74, 6) is 0.990. The molecule has 1 amide bonds. The van der Waals surface area contributed by atoms with Gasteiger partial charge in [-0.3, -0.25) is 9.20 Å². The summed E-state index contributed by atoms with van der Waals surface area (Å²) >= 11 is 0. The molecule has 3 rings (SSSR count). The molecule has 0 radical (unpaired) electrons. The Labute approximate surface area is 152 Å². The molecule has 0 unspecified atom stereocenters. The first-order valence-electron chi connectivity index (χ1n) is 8.58. The van der Waals surface area contributed by atoms with Crippen LogP contribution in [0.4, 0.5) is 5.69 Å². The van der Waals surface area contributed by atoms with Crippen LogP contribution >= 0.6 is 0 Å². The van der Waals surface area contributed by atoms with E-state index in [0.29, 0.717) is 22.9 Å². The van der Waals surface area contributed by atoms with Crippen molar-refractivity contribution >= 4 is 17.2 Å². The van der Waals surface area contributed by atoms with Crippen molar-refractivity contribution in [1.82, 2.24) is 9.38 Å². The number of aromatic nitrogens is 2. The summed E-state index contributed by atoms with van der Waals surface area (Å²) in [5.41, 5.74) is 3.82. The zero-order chi connectivity index (χ0) is 18.7. The fraction of sp³-hybridized carbons (Fsp3) is 0.300. The van der Waals surface area contributed by atoms with Gasteiger partial charge in [-0.05, 0) is 43.2 Å². The molecule has 0 spiro atoms. The van der Waals surface area contributed by atoms with Crippen LogP contribution in [-0.4, -0.2) is 29.5 Å². The maximum absolute atomic E-state index is 13.0. The highest BCUT2D eigenvalue weighted by Gasteiger charge is 2.20. The molecular formula is C20H23N3O3. The number of nitrogens with one attached hydrogen (secondary N) is 1. The lowest BCUT2D eigenvalue weighted by Gasteiger charge is -2.12. The van der Waals surface area contributed by atoms with Gasteiger partial charge in [0.15, 0.2) is 0 Å². The quantitative estimate of drug-likeness (QED) is 0.731. The molecule has 6 heteroatoms. The second-order valence-corrected chi connectivity index (χ2v) is 6.11. The number of hydrogen-bond donors (Lipinski definition) is 1. The van der Waals surface area contributed by atoms with E-state index in [1.807, 2.05) is 29.7 Å². The van der Waals surface area contributed by atoms with Crippen molar-refractivity contribution in [1.29, 1.82) is 0 Å². The van der Waals surface area contributed by atoms with Gasteiger partial charge >= 0.3 is 0 Å². The summed E-state index contributed by atoms with van der Waals surface area (Å²) in [6.45, 7) is 4.08. The minimum atomic E-state index is -0.215.